The second-order valence-electron chi connectivity index (χ2n) is 3.57. The molecule has 1 aromatic rings. The molecule has 0 saturated carbocycles. The largest absolute Gasteiger partial charge is 0.320 e. The normalized spacial score (nSPS) is 17.4. The van der Waals surface area contributed by atoms with Gasteiger partial charge in [-0.25, -0.2) is 0 Å². The van der Waals surface area contributed by atoms with E-state index in [-0.39, 0.29) is 11.9 Å². The molecule has 3 nitrogen and oxygen atoms in total. The minimum atomic E-state index is -0.0973. The number of benzene rings is 1. The average molecular weight is 188 g/mol. The molecule has 0 radical (unpaired) electrons. The fourth-order valence-electron chi connectivity index (χ4n) is 1.49. The molecule has 14 heavy (non-hydrogen) atoms. The molecule has 0 saturated heterocycles. The molecule has 1 N–H and O–H groups in total. The molecular weight excluding hydrogens is 176 g/mol. The number of rotatable bonds is 1. The van der Waals surface area contributed by atoms with Crippen molar-refractivity contribution >= 4 is 17.3 Å². The summed E-state index contributed by atoms with van der Waals surface area (Å²) >= 11 is 0. The van der Waals surface area contributed by atoms with Gasteiger partial charge in [-0.3, -0.25) is 9.79 Å². The highest BCUT2D eigenvalue weighted by atomic mass is 16.2. The smallest absolute Gasteiger partial charge is 0.274 e. The zero-order valence-electron chi connectivity index (χ0n) is 8.24. The number of aliphatic imine (C=N–C) groups is 1. The van der Waals surface area contributed by atoms with Gasteiger partial charge in [-0.2, -0.15) is 0 Å². The number of fused-ring (bicyclic) bond motifs is 1. The van der Waals surface area contributed by atoms with Crippen molar-refractivity contribution in [2.75, 3.05) is 5.32 Å². The van der Waals surface area contributed by atoms with Crippen LogP contribution in [-0.2, 0) is 4.79 Å². The monoisotopic (exact) mass is 188 g/mol. The first kappa shape index (κ1) is 8.94. The average Bonchev–Trinajstić information content (AvgIpc) is 2.43. The lowest BCUT2D eigenvalue weighted by atomic mass is 10.1. The van der Waals surface area contributed by atoms with Gasteiger partial charge in [0.25, 0.3) is 5.91 Å². The maximum Gasteiger partial charge on any atom is 0.274 e. The van der Waals surface area contributed by atoms with E-state index in [1.807, 2.05) is 38.1 Å². The highest BCUT2D eigenvalue weighted by molar-refractivity contribution is 6.53. The summed E-state index contributed by atoms with van der Waals surface area (Å²) in [4.78, 5) is 15.8. The van der Waals surface area contributed by atoms with E-state index in [4.69, 9.17) is 0 Å². The molecular formula is C11H12N2O. The predicted molar refractivity (Wildman–Crippen MR) is 56.7 cm³/mol. The molecule has 0 bridgehead atoms. The summed E-state index contributed by atoms with van der Waals surface area (Å²) < 4.78 is 0. The van der Waals surface area contributed by atoms with Gasteiger partial charge in [0.1, 0.15) is 5.71 Å². The Hall–Kier alpha value is -1.64. The SMILES string of the molecule is CC(C)N=C1C(=O)Nc2ccccc21. The zero-order valence-corrected chi connectivity index (χ0v) is 8.24. The van der Waals surface area contributed by atoms with E-state index in [0.29, 0.717) is 5.71 Å². The number of hydrogen-bond donors (Lipinski definition) is 1. The summed E-state index contributed by atoms with van der Waals surface area (Å²) in [5.41, 5.74) is 2.32. The van der Waals surface area contributed by atoms with Crippen molar-refractivity contribution in [3.63, 3.8) is 0 Å². The molecule has 0 aliphatic carbocycles. The summed E-state index contributed by atoms with van der Waals surface area (Å²) in [6.07, 6.45) is 0. The van der Waals surface area contributed by atoms with Gasteiger partial charge in [0, 0.05) is 11.6 Å². The molecule has 0 spiro atoms. The van der Waals surface area contributed by atoms with Crippen molar-refractivity contribution in [1.29, 1.82) is 0 Å². The summed E-state index contributed by atoms with van der Waals surface area (Å²) in [5.74, 6) is -0.0973. The van der Waals surface area contributed by atoms with Crippen LogP contribution >= 0.6 is 0 Å². The van der Waals surface area contributed by atoms with E-state index in [1.165, 1.54) is 0 Å². The second-order valence-corrected chi connectivity index (χ2v) is 3.57. The van der Waals surface area contributed by atoms with E-state index >= 15 is 0 Å². The molecule has 3 heteroatoms. The molecule has 1 amide bonds. The third-order valence-corrected chi connectivity index (χ3v) is 2.03. The van der Waals surface area contributed by atoms with Crippen LogP contribution in [0.25, 0.3) is 0 Å². The number of anilines is 1. The number of amides is 1. The van der Waals surface area contributed by atoms with Crippen LogP contribution in [0.2, 0.25) is 0 Å². The number of nitrogens with one attached hydrogen (secondary N) is 1. The van der Waals surface area contributed by atoms with Gasteiger partial charge in [0.2, 0.25) is 0 Å². The van der Waals surface area contributed by atoms with E-state index in [2.05, 4.69) is 10.3 Å². The Morgan fingerprint density at radius 3 is 2.71 bits per heavy atom. The number of nitrogens with zero attached hydrogens (tertiary/aromatic N) is 1. The Morgan fingerprint density at radius 1 is 1.29 bits per heavy atom. The van der Waals surface area contributed by atoms with Gasteiger partial charge >= 0.3 is 0 Å². The molecule has 72 valence electrons. The van der Waals surface area contributed by atoms with Gasteiger partial charge < -0.3 is 5.32 Å². The van der Waals surface area contributed by atoms with Crippen molar-refractivity contribution in [3.8, 4) is 0 Å². The summed E-state index contributed by atoms with van der Waals surface area (Å²) in [6.45, 7) is 3.92. The Bertz CT molecular complexity index is 408. The molecule has 1 heterocycles. The number of hydrogen-bond acceptors (Lipinski definition) is 2. The first-order chi connectivity index (χ1) is 6.68. The maximum absolute atomic E-state index is 11.5. The molecule has 2 rings (SSSR count). The highest BCUT2D eigenvalue weighted by Gasteiger charge is 2.24. The van der Waals surface area contributed by atoms with Gasteiger partial charge in [0.15, 0.2) is 0 Å². The molecule has 0 unspecified atom stereocenters. The van der Waals surface area contributed by atoms with Gasteiger partial charge in [-0.05, 0) is 19.9 Å². The van der Waals surface area contributed by atoms with Crippen LogP contribution in [0.4, 0.5) is 5.69 Å². The Balaban J connectivity index is 2.50. The minimum absolute atomic E-state index is 0.0973. The van der Waals surface area contributed by atoms with Gasteiger partial charge in [-0.1, -0.05) is 18.2 Å². The van der Waals surface area contributed by atoms with Crippen molar-refractivity contribution < 1.29 is 4.79 Å². The third-order valence-electron chi connectivity index (χ3n) is 2.03. The third kappa shape index (κ3) is 1.41. The Morgan fingerprint density at radius 2 is 2.00 bits per heavy atom. The lowest BCUT2D eigenvalue weighted by Crippen LogP contribution is -2.16. The van der Waals surface area contributed by atoms with Crippen molar-refractivity contribution in [2.45, 2.75) is 19.9 Å². The summed E-state index contributed by atoms with van der Waals surface area (Å²) in [7, 11) is 0. The predicted octanol–water partition coefficient (Wildman–Crippen LogP) is 1.84. The molecule has 0 aromatic heterocycles. The molecule has 1 aliphatic rings. The van der Waals surface area contributed by atoms with E-state index in [9.17, 15) is 4.79 Å². The second kappa shape index (κ2) is 3.25. The zero-order chi connectivity index (χ0) is 10.1. The fraction of sp³-hybridized carbons (Fsp3) is 0.273. The van der Waals surface area contributed by atoms with Crippen molar-refractivity contribution in [2.24, 2.45) is 4.99 Å². The quantitative estimate of drug-likeness (QED) is 0.717. The van der Waals surface area contributed by atoms with E-state index in [1.54, 1.807) is 0 Å². The van der Waals surface area contributed by atoms with Crippen molar-refractivity contribution in [1.82, 2.24) is 0 Å². The number of para-hydroxylation sites is 1. The Kier molecular flexibility index (Phi) is 2.08. The van der Waals surface area contributed by atoms with Crippen LogP contribution in [0.5, 0.6) is 0 Å². The molecule has 0 atom stereocenters. The highest BCUT2D eigenvalue weighted by Crippen LogP contribution is 2.22. The number of carbonyl (C=O) groups is 1. The minimum Gasteiger partial charge on any atom is -0.320 e. The standard InChI is InChI=1S/C11H12N2O/c1-7(2)12-10-8-5-3-4-6-9(8)13-11(10)14/h3-7H,1-2H3,(H,12,13,14). The van der Waals surface area contributed by atoms with Crippen LogP contribution < -0.4 is 5.32 Å². The maximum atomic E-state index is 11.5. The number of carbonyl (C=O) groups excluding carboxylic acids is 1. The van der Waals surface area contributed by atoms with Crippen molar-refractivity contribution in [3.05, 3.63) is 29.8 Å². The molecule has 1 aliphatic heterocycles. The molecule has 1 aromatic carbocycles. The van der Waals surface area contributed by atoms with Crippen LogP contribution in [0, 0.1) is 0 Å². The lowest BCUT2D eigenvalue weighted by molar-refractivity contribution is -0.110. The van der Waals surface area contributed by atoms with Crippen LogP contribution in [-0.4, -0.2) is 17.7 Å². The summed E-state index contributed by atoms with van der Waals surface area (Å²) in [6, 6.07) is 7.75. The van der Waals surface area contributed by atoms with Gasteiger partial charge in [-0.15, -0.1) is 0 Å². The van der Waals surface area contributed by atoms with Gasteiger partial charge in [0.05, 0.1) is 5.69 Å². The van der Waals surface area contributed by atoms with Crippen LogP contribution in [0.15, 0.2) is 29.3 Å². The van der Waals surface area contributed by atoms with E-state index < -0.39 is 0 Å². The topological polar surface area (TPSA) is 41.5 Å². The first-order valence-electron chi connectivity index (χ1n) is 4.67. The first-order valence-corrected chi connectivity index (χ1v) is 4.67. The molecule has 0 fully saturated rings. The van der Waals surface area contributed by atoms with Crippen LogP contribution in [0.1, 0.15) is 19.4 Å². The van der Waals surface area contributed by atoms with E-state index in [0.717, 1.165) is 11.3 Å². The van der Waals surface area contributed by atoms with Crippen LogP contribution in [0.3, 0.4) is 0 Å². The summed E-state index contributed by atoms with van der Waals surface area (Å²) in [5, 5.41) is 2.78. The lowest BCUT2D eigenvalue weighted by Gasteiger charge is -1.99. The Labute approximate surface area is 82.9 Å². The fourth-order valence-corrected chi connectivity index (χ4v) is 1.49.